The molecule has 2 aromatic carbocycles. The van der Waals surface area contributed by atoms with Crippen molar-refractivity contribution in [1.29, 1.82) is 0 Å². The fourth-order valence-electron chi connectivity index (χ4n) is 7.28. The molecular formula is C41H50BrF3N10O8. The van der Waals surface area contributed by atoms with E-state index in [-0.39, 0.29) is 72.7 Å². The number of carbonyl (C=O) groups excluding carboxylic acids is 4. The Morgan fingerprint density at radius 2 is 1.16 bits per heavy atom. The fraction of sp³-hybridized carbons (Fsp3) is 0.512. The number of benzene rings is 2. The summed E-state index contributed by atoms with van der Waals surface area (Å²) < 4.78 is 63.7. The number of hydrazone groups is 2. The van der Waals surface area contributed by atoms with E-state index in [1.165, 1.54) is 17.0 Å². The van der Waals surface area contributed by atoms with Crippen LogP contribution in [-0.2, 0) is 19.1 Å². The number of nitrogens with one attached hydrogen (secondary N) is 4. The molecule has 63 heavy (non-hydrogen) atoms. The number of hydrogen-bond acceptors (Lipinski definition) is 14. The molecule has 8 rings (SSSR count). The van der Waals surface area contributed by atoms with Gasteiger partial charge in [0.1, 0.15) is 48.0 Å². The van der Waals surface area contributed by atoms with E-state index in [2.05, 4.69) is 54.2 Å². The van der Waals surface area contributed by atoms with Gasteiger partial charge in [0.05, 0.1) is 34.7 Å². The number of ether oxygens (including phenoxy) is 4. The number of allylic oxidation sites excluding steroid dienone is 1. The van der Waals surface area contributed by atoms with Crippen molar-refractivity contribution in [3.05, 3.63) is 40.9 Å². The Morgan fingerprint density at radius 1 is 0.746 bits per heavy atom. The molecule has 340 valence electrons. The summed E-state index contributed by atoms with van der Waals surface area (Å²) in [6.45, 7) is 19.5. The Morgan fingerprint density at radius 3 is 1.59 bits per heavy atom. The third-order valence-electron chi connectivity index (χ3n) is 10.5. The molecular weight excluding hydrogens is 897 g/mol. The van der Waals surface area contributed by atoms with Gasteiger partial charge in [-0.25, -0.2) is 20.4 Å². The molecule has 0 aliphatic carbocycles. The Balaban J connectivity index is 0.000000191. The molecule has 0 spiro atoms. The second-order valence-electron chi connectivity index (χ2n) is 17.8. The van der Waals surface area contributed by atoms with Crippen LogP contribution in [0.3, 0.4) is 0 Å². The summed E-state index contributed by atoms with van der Waals surface area (Å²) in [6.07, 6.45) is -5.45. The van der Waals surface area contributed by atoms with Gasteiger partial charge < -0.3 is 49.2 Å². The number of rotatable bonds is 5. The smallest absolute Gasteiger partial charge is 0.416 e. The van der Waals surface area contributed by atoms with Crippen LogP contribution in [0.25, 0.3) is 5.57 Å². The Kier molecular flexibility index (Phi) is 11.9. The second kappa shape index (κ2) is 16.6. The van der Waals surface area contributed by atoms with Gasteiger partial charge in [0.2, 0.25) is 0 Å². The highest BCUT2D eigenvalue weighted by molar-refractivity contribution is 9.10. The van der Waals surface area contributed by atoms with E-state index in [1.807, 2.05) is 44.7 Å². The number of fused-ring (bicyclic) bond motifs is 6. The Hall–Kier alpha value is -5.93. The predicted octanol–water partition coefficient (Wildman–Crippen LogP) is 5.83. The van der Waals surface area contributed by atoms with Gasteiger partial charge in [-0.3, -0.25) is 9.59 Å². The van der Waals surface area contributed by atoms with Crippen LogP contribution in [0.5, 0.6) is 11.5 Å². The normalized spacial score (nSPS) is 20.7. The third kappa shape index (κ3) is 9.69. The highest BCUT2D eigenvalue weighted by atomic mass is 79.9. The van der Waals surface area contributed by atoms with E-state index in [1.54, 1.807) is 37.5 Å². The Labute approximate surface area is 370 Å². The summed E-state index contributed by atoms with van der Waals surface area (Å²) in [6, 6.07) is 5.39. The fourth-order valence-corrected chi connectivity index (χ4v) is 7.72. The van der Waals surface area contributed by atoms with Gasteiger partial charge in [0, 0.05) is 41.9 Å². The highest BCUT2D eigenvalue weighted by Gasteiger charge is 2.42. The molecule has 4 amide bonds. The molecule has 0 radical (unpaired) electrons. The first-order valence-corrected chi connectivity index (χ1v) is 21.0. The van der Waals surface area contributed by atoms with Crippen molar-refractivity contribution in [3.8, 4) is 11.5 Å². The van der Waals surface area contributed by atoms with Crippen LogP contribution in [0.4, 0.5) is 45.5 Å². The van der Waals surface area contributed by atoms with Gasteiger partial charge >= 0.3 is 18.4 Å². The van der Waals surface area contributed by atoms with Gasteiger partial charge in [-0.2, -0.15) is 23.4 Å². The van der Waals surface area contributed by atoms with Gasteiger partial charge in [-0.05, 0) is 95.6 Å². The van der Waals surface area contributed by atoms with Crippen molar-refractivity contribution in [3.63, 3.8) is 0 Å². The van der Waals surface area contributed by atoms with Crippen molar-refractivity contribution in [2.24, 2.45) is 10.2 Å². The molecule has 2 atom stereocenters. The highest BCUT2D eigenvalue weighted by Crippen LogP contribution is 2.45. The van der Waals surface area contributed by atoms with E-state index >= 15 is 0 Å². The largest absolute Gasteiger partial charge is 0.483 e. The van der Waals surface area contributed by atoms with Crippen molar-refractivity contribution in [1.82, 2.24) is 20.7 Å². The molecule has 6 aliphatic rings. The number of nitrogens with zero attached hydrogens (tertiary/aromatic N) is 6. The van der Waals surface area contributed by atoms with Gasteiger partial charge in [0.15, 0.2) is 11.7 Å². The monoisotopic (exact) mass is 946 g/mol. The summed E-state index contributed by atoms with van der Waals surface area (Å²) in [5.41, 5.74) is 4.79. The first-order valence-electron chi connectivity index (χ1n) is 20.2. The maximum Gasteiger partial charge on any atom is 0.416 e. The average Bonchev–Trinajstić information content (AvgIpc) is 3.14. The second-order valence-corrected chi connectivity index (χ2v) is 18.6. The lowest BCUT2D eigenvalue weighted by molar-refractivity contribution is -0.123. The number of halogens is 4. The number of carbonyl (C=O) groups is 4. The van der Waals surface area contributed by atoms with Crippen LogP contribution in [0.1, 0.15) is 61.0 Å². The molecule has 2 fully saturated rings. The minimum absolute atomic E-state index is 0.00416. The van der Waals surface area contributed by atoms with Crippen LogP contribution in [0.2, 0.25) is 0 Å². The van der Waals surface area contributed by atoms with Gasteiger partial charge in [0.25, 0.3) is 11.8 Å². The molecule has 4 N–H and O–H groups in total. The number of likely N-dealkylation sites (tertiary alicyclic amines) is 2. The molecule has 18 nitrogen and oxygen atoms in total. The summed E-state index contributed by atoms with van der Waals surface area (Å²) in [5, 5.41) is 14.6. The van der Waals surface area contributed by atoms with E-state index in [0.717, 1.165) is 15.8 Å². The van der Waals surface area contributed by atoms with E-state index in [0.29, 0.717) is 42.8 Å². The van der Waals surface area contributed by atoms with Crippen molar-refractivity contribution >= 4 is 79.9 Å². The van der Waals surface area contributed by atoms with E-state index in [4.69, 9.17) is 18.9 Å². The summed E-state index contributed by atoms with van der Waals surface area (Å²) in [4.78, 5) is 55.2. The van der Waals surface area contributed by atoms with Crippen LogP contribution >= 0.6 is 15.9 Å². The first-order chi connectivity index (χ1) is 29.4. The first kappa shape index (κ1) is 45.1. The number of amides is 4. The van der Waals surface area contributed by atoms with Crippen LogP contribution in [-0.4, -0.2) is 126 Å². The van der Waals surface area contributed by atoms with E-state index < -0.39 is 35.1 Å². The third-order valence-corrected chi connectivity index (χ3v) is 11.2. The quantitative estimate of drug-likeness (QED) is 0.281. The lowest BCUT2D eigenvalue weighted by atomic mass is 9.99. The minimum atomic E-state index is -4.66. The van der Waals surface area contributed by atoms with Crippen molar-refractivity contribution < 1.29 is 51.3 Å². The number of amidine groups is 2. The van der Waals surface area contributed by atoms with Crippen LogP contribution in [0.15, 0.2) is 45.5 Å². The molecule has 2 saturated heterocycles. The Bertz CT molecular complexity index is 2280. The predicted molar refractivity (Wildman–Crippen MR) is 232 cm³/mol. The number of hydrogen-bond donors (Lipinski definition) is 4. The lowest BCUT2D eigenvalue weighted by Gasteiger charge is -2.42. The number of alkyl halides is 3. The zero-order chi connectivity index (χ0) is 45.9. The van der Waals surface area contributed by atoms with E-state index in [9.17, 15) is 32.3 Å². The maximum atomic E-state index is 13.6. The standard InChI is InChI=1S/C22H26F3N5O4.C19H24BrN5O4/c1-11(22(23,24)25)14-6-17-16(30-12(2)19(31)28-27-18(30)10-33-17)7-15(14)26-13-8-29(9-13)20(32)34-21(3,4)5;1-10-17(26)23-22-16-9-28-15-5-12(20)13(6-14(15)25(10)16)21-11-7-24(8-11)18(27)29-19(2,3)4/h6-7,12-13,26H,1,8-10H2,2-5H3,(H,28,31);5-6,10-11,21H,7-9H2,1-4H3,(H,23,26). The zero-order valence-corrected chi connectivity index (χ0v) is 37.6. The van der Waals surface area contributed by atoms with Crippen LogP contribution < -0.4 is 40.8 Å². The summed E-state index contributed by atoms with van der Waals surface area (Å²) in [5.74, 6) is 1.47. The molecule has 0 aromatic heterocycles. The molecule has 2 aromatic rings. The summed E-state index contributed by atoms with van der Waals surface area (Å²) >= 11 is 3.58. The SMILES string of the molecule is C=C(c1cc2c(cc1NC1CN(C(=O)OC(C)(C)C)C1)N1C(=NNC(=O)C1C)CO2)C(F)(F)F.CC1C(=O)NN=C2COc3cc(Br)c(NC4CN(C(=O)OC(C)(C)C)C4)cc3N21. The molecule has 22 heteroatoms. The molecule has 0 saturated carbocycles. The van der Waals surface area contributed by atoms with Crippen molar-refractivity contribution in [2.75, 3.05) is 59.8 Å². The maximum absolute atomic E-state index is 13.6. The van der Waals surface area contributed by atoms with Crippen molar-refractivity contribution in [2.45, 2.75) is 96.9 Å². The van der Waals surface area contributed by atoms with Gasteiger partial charge in [-0.1, -0.05) is 6.58 Å². The average molecular weight is 948 g/mol. The molecule has 2 unspecified atom stereocenters. The lowest BCUT2D eigenvalue weighted by Crippen LogP contribution is -2.58. The summed E-state index contributed by atoms with van der Waals surface area (Å²) in [7, 11) is 0. The number of anilines is 4. The van der Waals surface area contributed by atoms with Crippen LogP contribution in [0, 0.1) is 0 Å². The topological polar surface area (TPSA) is 191 Å². The van der Waals surface area contributed by atoms with Gasteiger partial charge in [-0.15, -0.1) is 0 Å². The zero-order valence-electron chi connectivity index (χ0n) is 36.0. The molecule has 6 heterocycles. The molecule has 0 bridgehead atoms. The molecule has 6 aliphatic heterocycles. The minimum Gasteiger partial charge on any atom is -0.483 e.